The van der Waals surface area contributed by atoms with E-state index in [0.29, 0.717) is 32.9 Å². The monoisotopic (exact) mass is 471 g/mol. The zero-order valence-corrected chi connectivity index (χ0v) is 19.1. The summed E-state index contributed by atoms with van der Waals surface area (Å²) in [6.07, 6.45) is 2.77. The molecular weight excluding hydrogens is 453 g/mol. The average Bonchev–Trinajstić information content (AvgIpc) is 3.01. The summed E-state index contributed by atoms with van der Waals surface area (Å²) in [6.45, 7) is 3.02. The van der Waals surface area contributed by atoms with Crippen LogP contribution in [0.2, 0.25) is 15.1 Å². The lowest BCUT2D eigenvalue weighted by molar-refractivity contribution is -0.113. The summed E-state index contributed by atoms with van der Waals surface area (Å²) in [5.41, 5.74) is 4.21. The van der Waals surface area contributed by atoms with E-state index >= 15 is 0 Å². The molecule has 0 atom stereocenters. The molecule has 0 aromatic heterocycles. The van der Waals surface area contributed by atoms with Gasteiger partial charge in [-0.15, -0.1) is 0 Å². The van der Waals surface area contributed by atoms with Crippen molar-refractivity contribution in [1.29, 1.82) is 0 Å². The van der Waals surface area contributed by atoms with E-state index in [1.807, 2.05) is 47.4 Å². The molecule has 0 saturated heterocycles. The van der Waals surface area contributed by atoms with Crippen molar-refractivity contribution in [3.63, 3.8) is 0 Å². The largest absolute Gasteiger partial charge is 0.487 e. The SMILES string of the molecule is CCCN1C(=O)/C(=C\c2ccc(OCc3ccc(Cl)cc3Cl)c(Cl)c2)c2ccccc21. The summed E-state index contributed by atoms with van der Waals surface area (Å²) in [5.74, 6) is 0.553. The molecule has 4 rings (SSSR count). The number of rotatable bonds is 6. The molecule has 6 heteroatoms. The molecule has 0 aliphatic carbocycles. The van der Waals surface area contributed by atoms with Crippen LogP contribution in [0.15, 0.2) is 60.7 Å². The minimum absolute atomic E-state index is 0.0110. The van der Waals surface area contributed by atoms with E-state index < -0.39 is 0 Å². The molecule has 0 saturated carbocycles. The summed E-state index contributed by atoms with van der Waals surface area (Å²) in [7, 11) is 0. The molecule has 0 N–H and O–H groups in total. The molecule has 3 aromatic rings. The Kier molecular flexibility index (Phi) is 6.57. The fourth-order valence-electron chi connectivity index (χ4n) is 3.58. The maximum atomic E-state index is 13.0. The quantitative estimate of drug-likeness (QED) is 0.347. The molecule has 0 fully saturated rings. The van der Waals surface area contributed by atoms with Gasteiger partial charge in [0.25, 0.3) is 5.91 Å². The van der Waals surface area contributed by atoms with Gasteiger partial charge in [0.05, 0.1) is 10.7 Å². The molecule has 0 bridgehead atoms. The maximum Gasteiger partial charge on any atom is 0.258 e. The zero-order valence-electron chi connectivity index (χ0n) is 16.9. The van der Waals surface area contributed by atoms with Crippen molar-refractivity contribution in [2.75, 3.05) is 11.4 Å². The molecule has 158 valence electrons. The van der Waals surface area contributed by atoms with Crippen molar-refractivity contribution in [3.05, 3.63) is 92.4 Å². The number of nitrogens with zero attached hydrogens (tertiary/aromatic N) is 1. The lowest BCUT2D eigenvalue weighted by atomic mass is 10.0. The van der Waals surface area contributed by atoms with Gasteiger partial charge < -0.3 is 9.64 Å². The highest BCUT2D eigenvalue weighted by atomic mass is 35.5. The van der Waals surface area contributed by atoms with Crippen molar-refractivity contribution in [1.82, 2.24) is 0 Å². The Morgan fingerprint density at radius 3 is 2.52 bits per heavy atom. The van der Waals surface area contributed by atoms with E-state index in [4.69, 9.17) is 39.5 Å². The number of amides is 1. The van der Waals surface area contributed by atoms with Crippen LogP contribution in [0.4, 0.5) is 5.69 Å². The summed E-state index contributed by atoms with van der Waals surface area (Å²) in [5, 5.41) is 1.58. The fraction of sp³-hybridized carbons (Fsp3) is 0.160. The Balaban J connectivity index is 1.57. The van der Waals surface area contributed by atoms with Crippen LogP contribution in [0.5, 0.6) is 5.75 Å². The van der Waals surface area contributed by atoms with Crippen molar-refractivity contribution in [2.45, 2.75) is 20.0 Å². The van der Waals surface area contributed by atoms with Gasteiger partial charge in [0.2, 0.25) is 0 Å². The number of benzene rings is 3. The average molecular weight is 473 g/mol. The molecule has 0 unspecified atom stereocenters. The van der Waals surface area contributed by atoms with Gasteiger partial charge in [0, 0.05) is 33.3 Å². The van der Waals surface area contributed by atoms with E-state index in [9.17, 15) is 4.79 Å². The third kappa shape index (κ3) is 4.59. The van der Waals surface area contributed by atoms with Gasteiger partial charge in [-0.1, -0.05) is 72.1 Å². The number of hydrogen-bond acceptors (Lipinski definition) is 2. The Bertz CT molecular complexity index is 1170. The second kappa shape index (κ2) is 9.35. The standard InChI is InChI=1S/C25H20Cl3NO2/c1-2-11-29-23-6-4-3-5-19(23)20(25(29)30)12-16-7-10-24(22(28)13-16)31-15-17-8-9-18(26)14-21(17)27/h3-10,12-14H,2,11,15H2,1H3/b20-12-. The first-order chi connectivity index (χ1) is 15.0. The fourth-order valence-corrected chi connectivity index (χ4v) is 4.28. The van der Waals surface area contributed by atoms with E-state index in [-0.39, 0.29) is 12.5 Å². The third-order valence-corrected chi connectivity index (χ3v) is 5.96. The first-order valence-corrected chi connectivity index (χ1v) is 11.1. The number of anilines is 1. The van der Waals surface area contributed by atoms with Crippen LogP contribution in [-0.2, 0) is 11.4 Å². The van der Waals surface area contributed by atoms with Gasteiger partial charge >= 0.3 is 0 Å². The zero-order chi connectivity index (χ0) is 22.0. The topological polar surface area (TPSA) is 29.5 Å². The van der Waals surface area contributed by atoms with Crippen LogP contribution in [0.25, 0.3) is 11.6 Å². The van der Waals surface area contributed by atoms with Gasteiger partial charge in [-0.3, -0.25) is 4.79 Å². The molecular formula is C25H20Cl3NO2. The number of carbonyl (C=O) groups is 1. The highest BCUT2D eigenvalue weighted by Crippen LogP contribution is 2.38. The van der Waals surface area contributed by atoms with Crippen LogP contribution in [0, 0.1) is 0 Å². The van der Waals surface area contributed by atoms with E-state index in [1.165, 1.54) is 0 Å². The second-order valence-corrected chi connectivity index (χ2v) is 8.50. The smallest absolute Gasteiger partial charge is 0.258 e. The van der Waals surface area contributed by atoms with Crippen molar-refractivity contribution < 1.29 is 9.53 Å². The van der Waals surface area contributed by atoms with E-state index in [2.05, 4.69) is 6.92 Å². The number of carbonyl (C=O) groups excluding carboxylic acids is 1. The summed E-state index contributed by atoms with van der Waals surface area (Å²) in [6, 6.07) is 18.6. The predicted octanol–water partition coefficient (Wildman–Crippen LogP) is 7.52. The first kappa shape index (κ1) is 21.8. The maximum absolute atomic E-state index is 13.0. The minimum Gasteiger partial charge on any atom is -0.487 e. The number of hydrogen-bond donors (Lipinski definition) is 0. The van der Waals surface area contributed by atoms with Gasteiger partial charge in [0.15, 0.2) is 0 Å². The molecule has 0 spiro atoms. The van der Waals surface area contributed by atoms with E-state index in [0.717, 1.165) is 28.8 Å². The number of para-hydroxylation sites is 1. The Morgan fingerprint density at radius 1 is 0.968 bits per heavy atom. The minimum atomic E-state index is 0.0110. The van der Waals surface area contributed by atoms with Gasteiger partial charge in [-0.25, -0.2) is 0 Å². The number of ether oxygens (including phenoxy) is 1. The van der Waals surface area contributed by atoms with Crippen molar-refractivity contribution in [2.24, 2.45) is 0 Å². The van der Waals surface area contributed by atoms with Crippen LogP contribution in [0.1, 0.15) is 30.0 Å². The second-order valence-electron chi connectivity index (χ2n) is 7.25. The molecule has 1 amide bonds. The predicted molar refractivity (Wildman–Crippen MR) is 129 cm³/mol. The van der Waals surface area contributed by atoms with Crippen LogP contribution in [-0.4, -0.2) is 12.5 Å². The Hall–Kier alpha value is -2.46. The highest BCUT2D eigenvalue weighted by Gasteiger charge is 2.31. The molecule has 1 heterocycles. The van der Waals surface area contributed by atoms with Gasteiger partial charge in [-0.2, -0.15) is 0 Å². The summed E-state index contributed by atoms with van der Waals surface area (Å²) >= 11 is 18.6. The lowest BCUT2D eigenvalue weighted by Crippen LogP contribution is -2.26. The lowest BCUT2D eigenvalue weighted by Gasteiger charge is -2.15. The van der Waals surface area contributed by atoms with Crippen molar-refractivity contribution in [3.8, 4) is 5.75 Å². The highest BCUT2D eigenvalue weighted by molar-refractivity contribution is 6.36. The Labute approximate surface area is 196 Å². The normalized spacial score (nSPS) is 14.3. The molecule has 3 aromatic carbocycles. The van der Waals surface area contributed by atoms with E-state index in [1.54, 1.807) is 24.3 Å². The van der Waals surface area contributed by atoms with Crippen LogP contribution in [0.3, 0.4) is 0 Å². The van der Waals surface area contributed by atoms with Crippen molar-refractivity contribution >= 4 is 58.0 Å². The van der Waals surface area contributed by atoms with Gasteiger partial charge in [0.1, 0.15) is 12.4 Å². The molecule has 1 aliphatic rings. The third-order valence-electron chi connectivity index (χ3n) is 5.07. The van der Waals surface area contributed by atoms with Gasteiger partial charge in [-0.05, 0) is 48.4 Å². The first-order valence-electron chi connectivity index (χ1n) is 9.97. The Morgan fingerprint density at radius 2 is 1.77 bits per heavy atom. The van der Waals surface area contributed by atoms with Crippen LogP contribution < -0.4 is 9.64 Å². The van der Waals surface area contributed by atoms with Crippen LogP contribution >= 0.6 is 34.8 Å². The number of fused-ring (bicyclic) bond motifs is 1. The number of halogens is 3. The molecule has 1 aliphatic heterocycles. The summed E-state index contributed by atoms with van der Waals surface area (Å²) < 4.78 is 5.84. The molecule has 3 nitrogen and oxygen atoms in total. The molecule has 0 radical (unpaired) electrons. The molecule has 31 heavy (non-hydrogen) atoms. The summed E-state index contributed by atoms with van der Waals surface area (Å²) in [4.78, 5) is 14.8.